The highest BCUT2D eigenvalue weighted by molar-refractivity contribution is 7.99. The summed E-state index contributed by atoms with van der Waals surface area (Å²) in [5.74, 6) is 1.20. The van der Waals surface area contributed by atoms with Gasteiger partial charge in [0.05, 0.1) is 6.04 Å². The molecule has 0 aromatic heterocycles. The third kappa shape index (κ3) is 11.1. The lowest BCUT2D eigenvalue weighted by Gasteiger charge is -2.22. The van der Waals surface area contributed by atoms with Crippen molar-refractivity contribution in [3.05, 3.63) is 71.8 Å². The molecule has 2 aromatic rings. The fourth-order valence-corrected chi connectivity index (χ4v) is 4.17. The number of hydrogen-bond acceptors (Lipinski definition) is 5. The van der Waals surface area contributed by atoms with Crippen LogP contribution in [0.5, 0.6) is 0 Å². The third-order valence-electron chi connectivity index (χ3n) is 4.91. The van der Waals surface area contributed by atoms with Crippen molar-refractivity contribution in [2.45, 2.75) is 51.8 Å². The molecule has 2 atom stereocenters. The maximum atomic E-state index is 12.8. The average Bonchev–Trinajstić information content (AvgIpc) is 2.82. The summed E-state index contributed by atoms with van der Waals surface area (Å²) >= 11 is 1.63. The molecule has 0 aliphatic carbocycles. The molecule has 0 saturated carbocycles. The highest BCUT2D eigenvalue weighted by Gasteiger charge is 2.24. The van der Waals surface area contributed by atoms with Crippen molar-refractivity contribution in [2.75, 3.05) is 11.5 Å². The predicted molar refractivity (Wildman–Crippen MR) is 133 cm³/mol. The number of rotatable bonds is 14. The summed E-state index contributed by atoms with van der Waals surface area (Å²) in [6.07, 6.45) is 2.53. The molecule has 0 heterocycles. The molecular formula is C26H34N2O4S. The maximum absolute atomic E-state index is 12.8. The topological polar surface area (TPSA) is 84.5 Å². The standard InChI is InChI=1S/C26H34N2O4S/c1-20(2)16-24(28-26(31)32-18-22-12-7-4-8-13-22)25(30)27-23(17-29)19-33-15-9-14-21-10-5-3-6-11-21/h3-8,10-13,17,20,23-24H,9,14-16,18-19H2,1-2H3,(H,27,30)(H,28,31)/t23?,24-/m1/s1. The Morgan fingerprint density at radius 1 is 0.970 bits per heavy atom. The largest absolute Gasteiger partial charge is 0.445 e. The van der Waals surface area contributed by atoms with E-state index in [0.29, 0.717) is 12.2 Å². The van der Waals surface area contributed by atoms with Crippen LogP contribution in [0.2, 0.25) is 0 Å². The maximum Gasteiger partial charge on any atom is 0.408 e. The number of ether oxygens (including phenoxy) is 1. The lowest BCUT2D eigenvalue weighted by molar-refractivity contribution is -0.125. The monoisotopic (exact) mass is 470 g/mol. The Kier molecular flexibility index (Phi) is 12.1. The highest BCUT2D eigenvalue weighted by atomic mass is 32.2. The van der Waals surface area contributed by atoms with Crippen LogP contribution in [-0.4, -0.2) is 41.9 Å². The smallest absolute Gasteiger partial charge is 0.408 e. The summed E-state index contributed by atoms with van der Waals surface area (Å²) in [7, 11) is 0. The van der Waals surface area contributed by atoms with Gasteiger partial charge in [-0.1, -0.05) is 74.5 Å². The molecule has 33 heavy (non-hydrogen) atoms. The van der Waals surface area contributed by atoms with Gasteiger partial charge >= 0.3 is 6.09 Å². The number of nitrogens with one attached hydrogen (secondary N) is 2. The van der Waals surface area contributed by atoms with Crippen molar-refractivity contribution in [1.29, 1.82) is 0 Å². The summed E-state index contributed by atoms with van der Waals surface area (Å²) in [6, 6.07) is 18.2. The Hall–Kier alpha value is -2.80. The van der Waals surface area contributed by atoms with Crippen molar-refractivity contribution in [1.82, 2.24) is 10.6 Å². The second-order valence-electron chi connectivity index (χ2n) is 8.30. The van der Waals surface area contributed by atoms with Gasteiger partial charge in [-0.2, -0.15) is 11.8 Å². The molecule has 0 aliphatic rings. The summed E-state index contributed by atoms with van der Waals surface area (Å²) < 4.78 is 5.25. The van der Waals surface area contributed by atoms with Crippen molar-refractivity contribution in [3.63, 3.8) is 0 Å². The number of carbonyl (C=O) groups is 3. The number of amides is 2. The second kappa shape index (κ2) is 15.1. The number of aldehydes is 1. The van der Waals surface area contributed by atoms with Crippen LogP contribution < -0.4 is 10.6 Å². The van der Waals surface area contributed by atoms with Gasteiger partial charge in [-0.05, 0) is 42.1 Å². The first-order valence-electron chi connectivity index (χ1n) is 11.3. The van der Waals surface area contributed by atoms with E-state index in [1.165, 1.54) is 5.56 Å². The van der Waals surface area contributed by atoms with Crippen molar-refractivity contribution in [2.24, 2.45) is 5.92 Å². The lowest BCUT2D eigenvalue weighted by Crippen LogP contribution is -2.51. The number of carbonyl (C=O) groups excluding carboxylic acids is 3. The van der Waals surface area contributed by atoms with Gasteiger partial charge in [-0.25, -0.2) is 4.79 Å². The molecule has 7 heteroatoms. The molecule has 178 valence electrons. The first-order valence-corrected chi connectivity index (χ1v) is 12.5. The number of aryl methyl sites for hydroxylation is 1. The Morgan fingerprint density at radius 3 is 2.21 bits per heavy atom. The average molecular weight is 471 g/mol. The molecule has 2 amide bonds. The SMILES string of the molecule is CC(C)C[C@@H](NC(=O)OCc1ccccc1)C(=O)NC(C=O)CSCCCc1ccccc1. The van der Waals surface area contributed by atoms with E-state index in [1.807, 2.05) is 62.4 Å². The van der Waals surface area contributed by atoms with E-state index in [9.17, 15) is 14.4 Å². The number of alkyl carbamates (subject to hydrolysis) is 1. The van der Waals surface area contributed by atoms with Crippen LogP contribution >= 0.6 is 11.8 Å². The zero-order valence-electron chi connectivity index (χ0n) is 19.4. The lowest BCUT2D eigenvalue weighted by atomic mass is 10.0. The first-order chi connectivity index (χ1) is 16.0. The molecule has 0 radical (unpaired) electrons. The zero-order chi connectivity index (χ0) is 23.9. The Labute approximate surface area is 200 Å². The van der Waals surface area contributed by atoms with E-state index in [2.05, 4.69) is 22.8 Å². The zero-order valence-corrected chi connectivity index (χ0v) is 20.2. The van der Waals surface area contributed by atoms with Gasteiger partial charge in [0.25, 0.3) is 0 Å². The van der Waals surface area contributed by atoms with Crippen LogP contribution in [0.3, 0.4) is 0 Å². The van der Waals surface area contributed by atoms with E-state index in [0.717, 1.165) is 30.4 Å². The van der Waals surface area contributed by atoms with Gasteiger partial charge in [0.2, 0.25) is 5.91 Å². The van der Waals surface area contributed by atoms with Gasteiger partial charge < -0.3 is 20.2 Å². The molecule has 2 N–H and O–H groups in total. The van der Waals surface area contributed by atoms with E-state index in [4.69, 9.17) is 4.74 Å². The fourth-order valence-electron chi connectivity index (χ4n) is 3.24. The molecule has 0 spiro atoms. The predicted octanol–water partition coefficient (Wildman–Crippen LogP) is 4.38. The molecule has 6 nitrogen and oxygen atoms in total. The molecule has 2 aromatic carbocycles. The number of benzene rings is 2. The molecule has 0 saturated heterocycles. The van der Waals surface area contributed by atoms with Crippen LogP contribution in [0.25, 0.3) is 0 Å². The molecule has 1 unspecified atom stereocenters. The van der Waals surface area contributed by atoms with Crippen LogP contribution in [0.1, 0.15) is 37.8 Å². The van der Waals surface area contributed by atoms with Crippen LogP contribution in [0.15, 0.2) is 60.7 Å². The number of thioether (sulfide) groups is 1. The minimum atomic E-state index is -0.765. The summed E-state index contributed by atoms with van der Waals surface area (Å²) in [5, 5.41) is 5.41. The summed E-state index contributed by atoms with van der Waals surface area (Å²) in [4.78, 5) is 36.5. The van der Waals surface area contributed by atoms with Crippen molar-refractivity contribution >= 4 is 30.0 Å². The van der Waals surface area contributed by atoms with E-state index in [1.54, 1.807) is 11.8 Å². The Morgan fingerprint density at radius 2 is 1.61 bits per heavy atom. The van der Waals surface area contributed by atoms with Crippen LogP contribution in [0.4, 0.5) is 4.79 Å². The van der Waals surface area contributed by atoms with Gasteiger partial charge in [-0.15, -0.1) is 0 Å². The first kappa shape index (κ1) is 26.5. The van der Waals surface area contributed by atoms with Crippen molar-refractivity contribution in [3.8, 4) is 0 Å². The van der Waals surface area contributed by atoms with Gasteiger partial charge in [0, 0.05) is 5.75 Å². The third-order valence-corrected chi connectivity index (χ3v) is 6.09. The van der Waals surface area contributed by atoms with Gasteiger partial charge in [-0.3, -0.25) is 4.79 Å². The molecule has 0 fully saturated rings. The van der Waals surface area contributed by atoms with Crippen LogP contribution in [-0.2, 0) is 27.4 Å². The normalized spacial score (nSPS) is 12.6. The Balaban J connectivity index is 1.76. The Bertz CT molecular complexity index is 846. The van der Waals surface area contributed by atoms with Crippen LogP contribution in [0, 0.1) is 5.92 Å². The summed E-state index contributed by atoms with van der Waals surface area (Å²) in [6.45, 7) is 4.06. The highest BCUT2D eigenvalue weighted by Crippen LogP contribution is 2.10. The fraction of sp³-hybridized carbons (Fsp3) is 0.423. The summed E-state index contributed by atoms with van der Waals surface area (Å²) in [5.41, 5.74) is 2.16. The number of hydrogen-bond donors (Lipinski definition) is 2. The van der Waals surface area contributed by atoms with Gasteiger partial charge in [0.15, 0.2) is 0 Å². The molecular weight excluding hydrogens is 436 g/mol. The molecule has 0 bridgehead atoms. The van der Waals surface area contributed by atoms with E-state index < -0.39 is 18.2 Å². The molecule has 0 aliphatic heterocycles. The van der Waals surface area contributed by atoms with Gasteiger partial charge in [0.1, 0.15) is 18.9 Å². The molecule has 2 rings (SSSR count). The minimum absolute atomic E-state index is 0.124. The van der Waals surface area contributed by atoms with E-state index >= 15 is 0 Å². The van der Waals surface area contributed by atoms with E-state index in [-0.39, 0.29) is 18.4 Å². The van der Waals surface area contributed by atoms with Crippen molar-refractivity contribution < 1.29 is 19.1 Å². The second-order valence-corrected chi connectivity index (χ2v) is 9.45. The quantitative estimate of drug-likeness (QED) is 0.316. The minimum Gasteiger partial charge on any atom is -0.445 e.